The Hall–Kier alpha value is -2.43. The van der Waals surface area contributed by atoms with Gasteiger partial charge in [-0.25, -0.2) is 0 Å². The first kappa shape index (κ1) is 15.0. The number of hydrogen-bond acceptors (Lipinski definition) is 3. The lowest BCUT2D eigenvalue weighted by Crippen LogP contribution is -2.24. The molecule has 1 heterocycles. The zero-order valence-corrected chi connectivity index (χ0v) is 12.1. The van der Waals surface area contributed by atoms with Gasteiger partial charge in [-0.05, 0) is 18.6 Å². The van der Waals surface area contributed by atoms with Gasteiger partial charge in [0.1, 0.15) is 0 Å². The topological polar surface area (TPSA) is 71.1 Å². The standard InChI is InChI=1S/C16H19N3O2/c1-2-15(20)17-9-5-8-16(21)19-13-10-12-6-3-4-7-14(12)18-11-13/h3-4,6-7,10-11H,2,5,8-9H2,1H3,(H,17,20)(H,19,21). The van der Waals surface area contributed by atoms with E-state index in [9.17, 15) is 9.59 Å². The van der Waals surface area contributed by atoms with Crippen LogP contribution in [0.25, 0.3) is 10.9 Å². The molecule has 0 atom stereocenters. The van der Waals surface area contributed by atoms with Gasteiger partial charge in [0, 0.05) is 24.8 Å². The first-order chi connectivity index (χ1) is 10.2. The number of anilines is 1. The molecule has 0 aliphatic heterocycles. The third-order valence-corrected chi connectivity index (χ3v) is 3.10. The molecule has 0 spiro atoms. The first-order valence-electron chi connectivity index (χ1n) is 7.10. The molecule has 0 bridgehead atoms. The predicted octanol–water partition coefficient (Wildman–Crippen LogP) is 2.48. The van der Waals surface area contributed by atoms with Crippen molar-refractivity contribution < 1.29 is 9.59 Å². The summed E-state index contributed by atoms with van der Waals surface area (Å²) < 4.78 is 0. The van der Waals surface area contributed by atoms with E-state index in [4.69, 9.17) is 0 Å². The van der Waals surface area contributed by atoms with E-state index < -0.39 is 0 Å². The molecular formula is C16H19N3O2. The average molecular weight is 285 g/mol. The van der Waals surface area contributed by atoms with Gasteiger partial charge in [-0.15, -0.1) is 0 Å². The zero-order valence-electron chi connectivity index (χ0n) is 12.1. The Morgan fingerprint density at radius 1 is 1.19 bits per heavy atom. The molecule has 5 heteroatoms. The summed E-state index contributed by atoms with van der Waals surface area (Å²) in [6.45, 7) is 2.32. The predicted molar refractivity (Wildman–Crippen MR) is 82.9 cm³/mol. The van der Waals surface area contributed by atoms with Crippen molar-refractivity contribution in [3.8, 4) is 0 Å². The third kappa shape index (κ3) is 4.56. The van der Waals surface area contributed by atoms with Gasteiger partial charge in [-0.2, -0.15) is 0 Å². The lowest BCUT2D eigenvalue weighted by molar-refractivity contribution is -0.121. The second kappa shape index (κ2) is 7.38. The maximum absolute atomic E-state index is 11.8. The second-order valence-electron chi connectivity index (χ2n) is 4.77. The van der Waals surface area contributed by atoms with Crippen LogP contribution in [0.15, 0.2) is 36.5 Å². The quantitative estimate of drug-likeness (QED) is 0.801. The van der Waals surface area contributed by atoms with E-state index in [-0.39, 0.29) is 11.8 Å². The van der Waals surface area contributed by atoms with E-state index in [1.165, 1.54) is 0 Å². The van der Waals surface area contributed by atoms with Crippen LogP contribution in [0.4, 0.5) is 5.69 Å². The number of para-hydroxylation sites is 1. The molecule has 2 rings (SSSR count). The van der Waals surface area contributed by atoms with E-state index in [1.807, 2.05) is 30.3 Å². The van der Waals surface area contributed by atoms with Crippen LogP contribution in [0.2, 0.25) is 0 Å². The maximum atomic E-state index is 11.8. The molecule has 0 radical (unpaired) electrons. The van der Waals surface area contributed by atoms with Crippen molar-refractivity contribution in [3.63, 3.8) is 0 Å². The largest absolute Gasteiger partial charge is 0.356 e. The Morgan fingerprint density at radius 2 is 2.00 bits per heavy atom. The van der Waals surface area contributed by atoms with Gasteiger partial charge >= 0.3 is 0 Å². The molecule has 2 aromatic rings. The lowest BCUT2D eigenvalue weighted by Gasteiger charge is -2.06. The normalized spacial score (nSPS) is 10.3. The van der Waals surface area contributed by atoms with Crippen molar-refractivity contribution in [2.45, 2.75) is 26.2 Å². The fourth-order valence-electron chi connectivity index (χ4n) is 1.96. The highest BCUT2D eigenvalue weighted by Crippen LogP contribution is 2.16. The number of carbonyl (C=O) groups is 2. The molecule has 110 valence electrons. The highest BCUT2D eigenvalue weighted by atomic mass is 16.2. The number of amides is 2. The Labute approximate surface area is 123 Å². The van der Waals surface area contributed by atoms with Gasteiger partial charge in [0.15, 0.2) is 0 Å². The lowest BCUT2D eigenvalue weighted by atomic mass is 10.2. The molecule has 0 saturated carbocycles. The molecule has 0 aliphatic rings. The molecule has 0 saturated heterocycles. The number of carbonyl (C=O) groups excluding carboxylic acids is 2. The zero-order chi connectivity index (χ0) is 15.1. The van der Waals surface area contributed by atoms with Crippen LogP contribution in [-0.2, 0) is 9.59 Å². The minimum Gasteiger partial charge on any atom is -0.356 e. The summed E-state index contributed by atoms with van der Waals surface area (Å²) in [7, 11) is 0. The van der Waals surface area contributed by atoms with E-state index >= 15 is 0 Å². The van der Waals surface area contributed by atoms with Crippen LogP contribution in [0, 0.1) is 0 Å². The van der Waals surface area contributed by atoms with Gasteiger partial charge in [-0.1, -0.05) is 25.1 Å². The number of benzene rings is 1. The molecule has 0 aliphatic carbocycles. The molecule has 0 unspecified atom stereocenters. The van der Waals surface area contributed by atoms with Crippen molar-refractivity contribution in [2.24, 2.45) is 0 Å². The summed E-state index contributed by atoms with van der Waals surface area (Å²) in [5, 5.41) is 6.56. The summed E-state index contributed by atoms with van der Waals surface area (Å²) >= 11 is 0. The highest BCUT2D eigenvalue weighted by Gasteiger charge is 2.04. The molecule has 2 N–H and O–H groups in total. The van der Waals surface area contributed by atoms with Gasteiger partial charge in [0.05, 0.1) is 17.4 Å². The number of rotatable bonds is 6. The summed E-state index contributed by atoms with van der Waals surface area (Å²) in [5.74, 6) is -0.0630. The fraction of sp³-hybridized carbons (Fsp3) is 0.312. The van der Waals surface area contributed by atoms with Crippen molar-refractivity contribution in [1.29, 1.82) is 0 Å². The van der Waals surface area contributed by atoms with Gasteiger partial charge in [0.25, 0.3) is 0 Å². The number of nitrogens with zero attached hydrogens (tertiary/aromatic N) is 1. The Balaban J connectivity index is 1.82. The number of aromatic nitrogens is 1. The Bertz CT molecular complexity index is 640. The van der Waals surface area contributed by atoms with E-state index in [1.54, 1.807) is 13.1 Å². The number of hydrogen-bond donors (Lipinski definition) is 2. The smallest absolute Gasteiger partial charge is 0.224 e. The van der Waals surface area contributed by atoms with Crippen LogP contribution in [0.1, 0.15) is 26.2 Å². The minimum absolute atomic E-state index is 0.00846. The Kier molecular flexibility index (Phi) is 5.26. The maximum Gasteiger partial charge on any atom is 0.224 e. The van der Waals surface area contributed by atoms with Gasteiger partial charge in [0.2, 0.25) is 11.8 Å². The van der Waals surface area contributed by atoms with Gasteiger partial charge in [-0.3, -0.25) is 14.6 Å². The molecular weight excluding hydrogens is 266 g/mol. The number of pyridine rings is 1. The Morgan fingerprint density at radius 3 is 2.81 bits per heavy atom. The molecule has 0 fully saturated rings. The van der Waals surface area contributed by atoms with E-state index in [0.29, 0.717) is 31.5 Å². The molecule has 1 aromatic carbocycles. The third-order valence-electron chi connectivity index (χ3n) is 3.10. The summed E-state index contributed by atoms with van der Waals surface area (Å²) in [4.78, 5) is 27.2. The summed E-state index contributed by atoms with van der Waals surface area (Å²) in [5.41, 5.74) is 1.59. The monoisotopic (exact) mass is 285 g/mol. The molecule has 1 aromatic heterocycles. The van der Waals surface area contributed by atoms with Crippen molar-refractivity contribution >= 4 is 28.4 Å². The summed E-state index contributed by atoms with van der Waals surface area (Å²) in [6.07, 6.45) is 3.11. The van der Waals surface area contributed by atoms with E-state index in [0.717, 1.165) is 10.9 Å². The number of fused-ring (bicyclic) bond motifs is 1. The summed E-state index contributed by atoms with van der Waals surface area (Å²) in [6, 6.07) is 9.65. The van der Waals surface area contributed by atoms with Crippen molar-refractivity contribution in [2.75, 3.05) is 11.9 Å². The van der Waals surface area contributed by atoms with Crippen LogP contribution in [0.3, 0.4) is 0 Å². The molecule has 2 amide bonds. The van der Waals surface area contributed by atoms with Crippen LogP contribution < -0.4 is 10.6 Å². The van der Waals surface area contributed by atoms with Crippen molar-refractivity contribution in [1.82, 2.24) is 10.3 Å². The first-order valence-corrected chi connectivity index (χ1v) is 7.10. The average Bonchev–Trinajstić information content (AvgIpc) is 2.51. The molecule has 21 heavy (non-hydrogen) atoms. The second-order valence-corrected chi connectivity index (χ2v) is 4.77. The van der Waals surface area contributed by atoms with Crippen LogP contribution in [0.5, 0.6) is 0 Å². The van der Waals surface area contributed by atoms with Crippen LogP contribution in [-0.4, -0.2) is 23.3 Å². The van der Waals surface area contributed by atoms with Gasteiger partial charge < -0.3 is 10.6 Å². The minimum atomic E-state index is -0.0715. The fourth-order valence-corrected chi connectivity index (χ4v) is 1.96. The van der Waals surface area contributed by atoms with E-state index in [2.05, 4.69) is 15.6 Å². The highest BCUT2D eigenvalue weighted by molar-refractivity contribution is 5.93. The molecule has 5 nitrogen and oxygen atoms in total. The van der Waals surface area contributed by atoms with Crippen molar-refractivity contribution in [3.05, 3.63) is 36.5 Å². The van der Waals surface area contributed by atoms with Crippen LogP contribution >= 0.6 is 0 Å². The SMILES string of the molecule is CCC(=O)NCCCC(=O)Nc1cnc2ccccc2c1. The number of nitrogens with one attached hydrogen (secondary N) is 2.